The zero-order valence-corrected chi connectivity index (χ0v) is 13.0. The normalized spacial score (nSPS) is 30.4. The number of hydrogen-bond donors (Lipinski definition) is 2. The minimum Gasteiger partial charge on any atom is -0.513 e. The molecule has 2 N–H and O–H groups in total. The number of ether oxygens (including phenoxy) is 1. The maximum Gasteiger partial charge on any atom is 0.0955 e. The van der Waals surface area contributed by atoms with Crippen molar-refractivity contribution in [1.29, 1.82) is 0 Å². The Hall–Kier alpha value is -1.48. The van der Waals surface area contributed by atoms with E-state index >= 15 is 0 Å². The summed E-state index contributed by atoms with van der Waals surface area (Å²) in [5.41, 5.74) is 3.74. The Morgan fingerprint density at radius 2 is 2.29 bits per heavy atom. The van der Waals surface area contributed by atoms with Gasteiger partial charge in [-0.1, -0.05) is 38.6 Å². The highest BCUT2D eigenvalue weighted by atomic mass is 16.5. The van der Waals surface area contributed by atoms with Gasteiger partial charge in [0.15, 0.2) is 0 Å². The number of aliphatic hydroxyl groups excluding tert-OH is 1. The molecule has 3 rings (SSSR count). The van der Waals surface area contributed by atoms with Crippen LogP contribution in [0.1, 0.15) is 50.2 Å². The van der Waals surface area contributed by atoms with E-state index in [0.29, 0.717) is 12.3 Å². The molecule has 1 aromatic rings. The zero-order valence-electron chi connectivity index (χ0n) is 13.0. The number of nitrogens with one attached hydrogen (secondary N) is 1. The number of fused-ring (bicyclic) bond motifs is 3. The molecule has 0 bridgehead atoms. The van der Waals surface area contributed by atoms with Gasteiger partial charge < -0.3 is 15.2 Å². The van der Waals surface area contributed by atoms with Gasteiger partial charge in [0.25, 0.3) is 0 Å². The standard InChI is InChI=1S/C18H25NO2/c1-4-13-7-6-8-14-15-9-10-21-18(5-2,11-12(3)20)17(15)19-16(13)14/h6-8,15,17,19-20H,3-5,9-11H2,1-2H3/t15?,17?,18-/m1/s1. The number of rotatable bonds is 4. The van der Waals surface area contributed by atoms with Crippen molar-refractivity contribution in [3.05, 3.63) is 41.7 Å². The average Bonchev–Trinajstić information content (AvgIpc) is 2.87. The third-order valence-electron chi connectivity index (χ3n) is 5.15. The van der Waals surface area contributed by atoms with Gasteiger partial charge in [-0.25, -0.2) is 0 Å². The number of hydrogen-bond acceptors (Lipinski definition) is 3. The summed E-state index contributed by atoms with van der Waals surface area (Å²) < 4.78 is 6.16. The fraction of sp³-hybridized carbons (Fsp3) is 0.556. The Labute approximate surface area is 127 Å². The van der Waals surface area contributed by atoms with Crippen LogP contribution in [0.3, 0.4) is 0 Å². The lowest BCUT2D eigenvalue weighted by molar-refractivity contribution is -0.0979. The highest BCUT2D eigenvalue weighted by Gasteiger charge is 2.50. The molecule has 2 aliphatic rings. The number of anilines is 1. The van der Waals surface area contributed by atoms with Crippen LogP contribution in [-0.4, -0.2) is 23.4 Å². The molecule has 0 spiro atoms. The third-order valence-corrected chi connectivity index (χ3v) is 5.15. The minimum absolute atomic E-state index is 0.214. The topological polar surface area (TPSA) is 41.5 Å². The second-order valence-corrected chi connectivity index (χ2v) is 6.26. The van der Waals surface area contributed by atoms with E-state index in [2.05, 4.69) is 43.9 Å². The summed E-state index contributed by atoms with van der Waals surface area (Å²) in [7, 11) is 0. The fourth-order valence-electron chi connectivity index (χ4n) is 4.09. The summed E-state index contributed by atoms with van der Waals surface area (Å²) in [5, 5.41) is 13.5. The van der Waals surface area contributed by atoms with E-state index in [1.54, 1.807) is 0 Å². The predicted octanol–water partition coefficient (Wildman–Crippen LogP) is 4.16. The molecule has 2 aliphatic heterocycles. The van der Waals surface area contributed by atoms with E-state index in [4.69, 9.17) is 4.74 Å². The van der Waals surface area contributed by atoms with Gasteiger partial charge in [0.1, 0.15) is 0 Å². The lowest BCUT2D eigenvalue weighted by Gasteiger charge is -2.45. The van der Waals surface area contributed by atoms with Gasteiger partial charge in [-0.05, 0) is 30.4 Å². The van der Waals surface area contributed by atoms with E-state index in [9.17, 15) is 5.11 Å². The second-order valence-electron chi connectivity index (χ2n) is 6.26. The Kier molecular flexibility index (Phi) is 3.70. The summed E-state index contributed by atoms with van der Waals surface area (Å²) in [6.45, 7) is 8.77. The van der Waals surface area contributed by atoms with Crippen LogP contribution >= 0.6 is 0 Å². The second kappa shape index (κ2) is 5.38. The minimum atomic E-state index is -0.348. The highest BCUT2D eigenvalue weighted by molar-refractivity contribution is 5.65. The summed E-state index contributed by atoms with van der Waals surface area (Å²) in [4.78, 5) is 0. The number of aryl methyl sites for hydroxylation is 1. The third kappa shape index (κ3) is 2.24. The van der Waals surface area contributed by atoms with Crippen molar-refractivity contribution in [2.24, 2.45) is 0 Å². The van der Waals surface area contributed by atoms with E-state index in [1.807, 2.05) is 0 Å². The molecule has 21 heavy (non-hydrogen) atoms. The Balaban J connectivity index is 2.00. The molecule has 1 aromatic carbocycles. The molecular formula is C18H25NO2. The largest absolute Gasteiger partial charge is 0.513 e. The Morgan fingerprint density at radius 3 is 2.95 bits per heavy atom. The molecule has 1 fully saturated rings. The first-order chi connectivity index (χ1) is 10.1. The number of aliphatic hydroxyl groups is 1. The first-order valence-corrected chi connectivity index (χ1v) is 8.00. The van der Waals surface area contributed by atoms with E-state index in [-0.39, 0.29) is 17.4 Å². The molecular weight excluding hydrogens is 262 g/mol. The van der Waals surface area contributed by atoms with Crippen molar-refractivity contribution in [2.75, 3.05) is 11.9 Å². The molecule has 2 heterocycles. The SMILES string of the molecule is C=C(O)C[C@@]1(CC)OCCC2c3cccc(CC)c3NC21. The molecule has 3 atom stereocenters. The van der Waals surface area contributed by atoms with Gasteiger partial charge in [0.2, 0.25) is 0 Å². The van der Waals surface area contributed by atoms with Gasteiger partial charge in [0, 0.05) is 24.6 Å². The molecule has 0 saturated carbocycles. The van der Waals surface area contributed by atoms with Crippen LogP contribution in [0.4, 0.5) is 5.69 Å². The van der Waals surface area contributed by atoms with E-state index in [1.165, 1.54) is 16.8 Å². The van der Waals surface area contributed by atoms with Gasteiger partial charge >= 0.3 is 0 Å². The van der Waals surface area contributed by atoms with E-state index < -0.39 is 0 Å². The van der Waals surface area contributed by atoms with Crippen molar-refractivity contribution >= 4 is 5.69 Å². The van der Waals surface area contributed by atoms with Gasteiger partial charge in [-0.2, -0.15) is 0 Å². The Bertz CT molecular complexity index is 554. The number of benzene rings is 1. The maximum absolute atomic E-state index is 9.74. The lowest BCUT2D eigenvalue weighted by atomic mass is 9.76. The van der Waals surface area contributed by atoms with Gasteiger partial charge in [-0.15, -0.1) is 0 Å². The van der Waals surface area contributed by atoms with Gasteiger partial charge in [-0.3, -0.25) is 0 Å². The highest BCUT2D eigenvalue weighted by Crippen LogP contribution is 2.49. The van der Waals surface area contributed by atoms with Crippen molar-refractivity contribution in [3.63, 3.8) is 0 Å². The van der Waals surface area contributed by atoms with Crippen molar-refractivity contribution < 1.29 is 9.84 Å². The zero-order chi connectivity index (χ0) is 15.0. The quantitative estimate of drug-likeness (QED) is 0.817. The van der Waals surface area contributed by atoms with Crippen LogP contribution in [0.2, 0.25) is 0 Å². The smallest absolute Gasteiger partial charge is 0.0955 e. The van der Waals surface area contributed by atoms with Crippen LogP contribution in [-0.2, 0) is 11.2 Å². The van der Waals surface area contributed by atoms with Crippen LogP contribution in [0.15, 0.2) is 30.5 Å². The molecule has 0 amide bonds. The average molecular weight is 287 g/mol. The fourth-order valence-corrected chi connectivity index (χ4v) is 4.09. The van der Waals surface area contributed by atoms with Crippen LogP contribution in [0.5, 0.6) is 0 Å². The monoisotopic (exact) mass is 287 g/mol. The Morgan fingerprint density at radius 1 is 1.48 bits per heavy atom. The van der Waals surface area contributed by atoms with Crippen LogP contribution in [0, 0.1) is 0 Å². The molecule has 3 heteroatoms. The van der Waals surface area contributed by atoms with Crippen molar-refractivity contribution in [3.8, 4) is 0 Å². The summed E-state index contributed by atoms with van der Waals surface area (Å²) in [5.74, 6) is 0.686. The molecule has 114 valence electrons. The van der Waals surface area contributed by atoms with Crippen molar-refractivity contribution in [1.82, 2.24) is 0 Å². The van der Waals surface area contributed by atoms with Gasteiger partial charge in [0.05, 0.1) is 17.4 Å². The molecule has 1 saturated heterocycles. The summed E-state index contributed by atoms with van der Waals surface area (Å²) in [6, 6.07) is 6.83. The molecule has 2 unspecified atom stereocenters. The predicted molar refractivity (Wildman–Crippen MR) is 85.9 cm³/mol. The summed E-state index contributed by atoms with van der Waals surface area (Å²) >= 11 is 0. The van der Waals surface area contributed by atoms with Crippen LogP contribution < -0.4 is 5.32 Å². The lowest BCUT2D eigenvalue weighted by Crippen LogP contribution is -2.53. The number of para-hydroxylation sites is 1. The molecule has 0 aliphatic carbocycles. The van der Waals surface area contributed by atoms with E-state index in [0.717, 1.165) is 25.9 Å². The first-order valence-electron chi connectivity index (χ1n) is 8.00. The molecule has 0 aromatic heterocycles. The van der Waals surface area contributed by atoms with Crippen LogP contribution in [0.25, 0.3) is 0 Å². The van der Waals surface area contributed by atoms with Crippen molar-refractivity contribution in [2.45, 2.75) is 57.1 Å². The molecule has 0 radical (unpaired) electrons. The molecule has 3 nitrogen and oxygen atoms in total. The maximum atomic E-state index is 9.74. The summed E-state index contributed by atoms with van der Waals surface area (Å²) in [6.07, 6.45) is 3.45. The first kappa shape index (κ1) is 14.5.